The van der Waals surface area contributed by atoms with E-state index in [1.165, 1.54) is 24.1 Å². The number of aromatic nitrogens is 3. The van der Waals surface area contributed by atoms with Crippen LogP contribution in [0, 0.1) is 5.92 Å². The molecule has 0 radical (unpaired) electrons. The molecular weight excluding hydrogens is 316 g/mol. The van der Waals surface area contributed by atoms with E-state index in [0.717, 1.165) is 50.8 Å². The molecule has 0 atom stereocenters. The first kappa shape index (κ1) is 16.5. The van der Waals surface area contributed by atoms with E-state index in [1.807, 2.05) is 18.2 Å². The van der Waals surface area contributed by atoms with Crippen LogP contribution in [0.1, 0.15) is 29.8 Å². The zero-order valence-electron chi connectivity index (χ0n) is 14.9. The first-order valence-electron chi connectivity index (χ1n) is 9.16. The van der Waals surface area contributed by atoms with Crippen LogP contribution in [0.5, 0.6) is 5.88 Å². The molecule has 6 heteroatoms. The smallest absolute Gasteiger partial charge is 0.213 e. The molecule has 2 aliphatic rings. The molecule has 0 spiro atoms. The molecule has 6 nitrogen and oxygen atoms in total. The number of hydrogen-bond acceptors (Lipinski definition) is 5. The number of ether oxygens (including phenoxy) is 2. The quantitative estimate of drug-likeness (QED) is 0.737. The molecule has 0 N–H and O–H groups in total. The van der Waals surface area contributed by atoms with Crippen LogP contribution in [0.25, 0.3) is 0 Å². The monoisotopic (exact) mass is 342 g/mol. The van der Waals surface area contributed by atoms with Gasteiger partial charge < -0.3 is 9.47 Å². The molecule has 3 heterocycles. The molecule has 2 aromatic rings. The van der Waals surface area contributed by atoms with Crippen molar-refractivity contribution in [1.82, 2.24) is 19.7 Å². The summed E-state index contributed by atoms with van der Waals surface area (Å²) in [6.45, 7) is 5.28. The summed E-state index contributed by atoms with van der Waals surface area (Å²) in [5.74, 6) is 1.47. The summed E-state index contributed by atoms with van der Waals surface area (Å²) in [7, 11) is 1.76. The minimum absolute atomic E-state index is 0.481. The summed E-state index contributed by atoms with van der Waals surface area (Å²) >= 11 is 0. The summed E-state index contributed by atoms with van der Waals surface area (Å²) in [6, 6.07) is 5.72. The molecule has 2 aromatic heterocycles. The van der Waals surface area contributed by atoms with E-state index in [1.54, 1.807) is 13.3 Å². The summed E-state index contributed by atoms with van der Waals surface area (Å²) in [4.78, 5) is 6.69. The second-order valence-corrected chi connectivity index (χ2v) is 6.97. The molecule has 0 bridgehead atoms. The van der Waals surface area contributed by atoms with Crippen molar-refractivity contribution in [1.29, 1.82) is 0 Å². The fourth-order valence-electron chi connectivity index (χ4n) is 3.42. The highest BCUT2D eigenvalue weighted by atomic mass is 16.5. The Morgan fingerprint density at radius 3 is 2.96 bits per heavy atom. The van der Waals surface area contributed by atoms with Crippen molar-refractivity contribution in [2.45, 2.75) is 39.0 Å². The maximum Gasteiger partial charge on any atom is 0.213 e. The Bertz CT molecular complexity index is 697. The molecule has 0 saturated heterocycles. The third kappa shape index (κ3) is 4.02. The molecule has 1 aliphatic heterocycles. The normalized spacial score (nSPS) is 17.5. The first-order chi connectivity index (χ1) is 12.3. The SMILES string of the molecule is COCCN1CCc2c(c(COc3ccccn3)nn2CC2CC2)C1. The highest BCUT2D eigenvalue weighted by Gasteiger charge is 2.28. The van der Waals surface area contributed by atoms with Crippen molar-refractivity contribution in [2.75, 3.05) is 26.8 Å². The lowest BCUT2D eigenvalue weighted by Crippen LogP contribution is -2.34. The molecular formula is C19H26N4O2. The number of nitrogens with zero attached hydrogens (tertiary/aromatic N) is 4. The number of hydrogen-bond donors (Lipinski definition) is 0. The number of pyridine rings is 1. The summed E-state index contributed by atoms with van der Waals surface area (Å²) in [6.07, 6.45) is 5.49. The van der Waals surface area contributed by atoms with Gasteiger partial charge >= 0.3 is 0 Å². The van der Waals surface area contributed by atoms with E-state index in [4.69, 9.17) is 14.6 Å². The fraction of sp³-hybridized carbons (Fsp3) is 0.579. The molecule has 1 aliphatic carbocycles. The molecule has 0 amide bonds. The van der Waals surface area contributed by atoms with E-state index < -0.39 is 0 Å². The van der Waals surface area contributed by atoms with Crippen LogP contribution < -0.4 is 4.74 Å². The van der Waals surface area contributed by atoms with Gasteiger partial charge in [0.2, 0.25) is 5.88 Å². The first-order valence-corrected chi connectivity index (χ1v) is 9.16. The van der Waals surface area contributed by atoms with Crippen molar-refractivity contribution in [3.05, 3.63) is 41.3 Å². The fourth-order valence-corrected chi connectivity index (χ4v) is 3.42. The minimum atomic E-state index is 0.481. The Hall–Kier alpha value is -1.92. The average molecular weight is 342 g/mol. The highest BCUT2D eigenvalue weighted by Crippen LogP contribution is 2.32. The lowest BCUT2D eigenvalue weighted by atomic mass is 10.1. The van der Waals surface area contributed by atoms with Gasteiger partial charge in [0.25, 0.3) is 0 Å². The third-order valence-electron chi connectivity index (χ3n) is 5.03. The Labute approximate surface area is 148 Å². The topological polar surface area (TPSA) is 52.4 Å². The van der Waals surface area contributed by atoms with Gasteiger partial charge in [-0.1, -0.05) is 6.07 Å². The van der Waals surface area contributed by atoms with Crippen LogP contribution in [0.4, 0.5) is 0 Å². The van der Waals surface area contributed by atoms with Crippen LogP contribution in [0.2, 0.25) is 0 Å². The van der Waals surface area contributed by atoms with E-state index in [2.05, 4.69) is 14.6 Å². The van der Waals surface area contributed by atoms with E-state index in [-0.39, 0.29) is 0 Å². The zero-order valence-corrected chi connectivity index (χ0v) is 14.9. The van der Waals surface area contributed by atoms with Crippen molar-refractivity contribution in [3.63, 3.8) is 0 Å². The van der Waals surface area contributed by atoms with Gasteiger partial charge in [-0.2, -0.15) is 5.10 Å². The predicted octanol–water partition coefficient (Wildman–Crippen LogP) is 2.27. The van der Waals surface area contributed by atoms with E-state index in [9.17, 15) is 0 Å². The molecule has 1 saturated carbocycles. The van der Waals surface area contributed by atoms with Gasteiger partial charge in [-0.3, -0.25) is 9.58 Å². The molecule has 25 heavy (non-hydrogen) atoms. The van der Waals surface area contributed by atoms with Gasteiger partial charge in [0.05, 0.1) is 6.61 Å². The summed E-state index contributed by atoms with van der Waals surface area (Å²) in [5.41, 5.74) is 3.81. The van der Waals surface area contributed by atoms with Gasteiger partial charge in [-0.05, 0) is 24.8 Å². The van der Waals surface area contributed by atoms with E-state index >= 15 is 0 Å². The van der Waals surface area contributed by atoms with Gasteiger partial charge in [0.1, 0.15) is 12.3 Å². The van der Waals surface area contributed by atoms with Crippen molar-refractivity contribution < 1.29 is 9.47 Å². The summed E-state index contributed by atoms with van der Waals surface area (Å²) in [5, 5.41) is 4.91. The van der Waals surface area contributed by atoms with Gasteiger partial charge in [-0.25, -0.2) is 4.98 Å². The number of methoxy groups -OCH3 is 1. The van der Waals surface area contributed by atoms with Crippen molar-refractivity contribution in [3.8, 4) is 5.88 Å². The highest BCUT2D eigenvalue weighted by molar-refractivity contribution is 5.29. The maximum absolute atomic E-state index is 5.88. The van der Waals surface area contributed by atoms with Crippen LogP contribution >= 0.6 is 0 Å². The standard InChI is InChI=1S/C19H26N4O2/c1-24-11-10-22-9-7-18-16(13-22)17(21-23(18)12-15-5-6-15)14-25-19-4-2-3-8-20-19/h2-4,8,15H,5-7,9-14H2,1H3. The van der Waals surface area contributed by atoms with Crippen molar-refractivity contribution >= 4 is 0 Å². The zero-order chi connectivity index (χ0) is 17.1. The molecule has 4 rings (SSSR count). The van der Waals surface area contributed by atoms with Crippen LogP contribution in [-0.2, 0) is 30.9 Å². The lowest BCUT2D eigenvalue weighted by Gasteiger charge is -2.27. The number of rotatable bonds is 8. The van der Waals surface area contributed by atoms with Crippen LogP contribution in [0.3, 0.4) is 0 Å². The Morgan fingerprint density at radius 2 is 2.20 bits per heavy atom. The van der Waals surface area contributed by atoms with Crippen molar-refractivity contribution in [2.24, 2.45) is 5.92 Å². The van der Waals surface area contributed by atoms with E-state index in [0.29, 0.717) is 12.5 Å². The third-order valence-corrected chi connectivity index (χ3v) is 5.03. The van der Waals surface area contributed by atoms with Crippen LogP contribution in [0.15, 0.2) is 24.4 Å². The average Bonchev–Trinajstić information content (AvgIpc) is 3.41. The minimum Gasteiger partial charge on any atom is -0.471 e. The Kier molecular flexibility index (Phi) is 4.99. The molecule has 0 unspecified atom stereocenters. The second kappa shape index (κ2) is 7.54. The van der Waals surface area contributed by atoms with Gasteiger partial charge in [-0.15, -0.1) is 0 Å². The predicted molar refractivity (Wildman–Crippen MR) is 94.4 cm³/mol. The molecule has 1 fully saturated rings. The van der Waals surface area contributed by atoms with Crippen LogP contribution in [-0.4, -0.2) is 46.5 Å². The molecule has 0 aromatic carbocycles. The maximum atomic E-state index is 5.88. The van der Waals surface area contributed by atoms with Gasteiger partial charge in [0, 0.05) is 63.2 Å². The Morgan fingerprint density at radius 1 is 1.28 bits per heavy atom. The summed E-state index contributed by atoms with van der Waals surface area (Å²) < 4.78 is 13.4. The largest absolute Gasteiger partial charge is 0.471 e. The molecule has 134 valence electrons. The Balaban J connectivity index is 1.51. The van der Waals surface area contributed by atoms with Gasteiger partial charge in [0.15, 0.2) is 0 Å². The second-order valence-electron chi connectivity index (χ2n) is 6.97. The lowest BCUT2D eigenvalue weighted by molar-refractivity contribution is 0.139. The number of fused-ring (bicyclic) bond motifs is 1.